The predicted molar refractivity (Wildman–Crippen MR) is 106 cm³/mol. The zero-order valence-corrected chi connectivity index (χ0v) is 16.2. The van der Waals surface area contributed by atoms with Gasteiger partial charge in [-0.25, -0.2) is 8.78 Å². The number of nitrogens with one attached hydrogen (secondary N) is 1. The molecule has 1 fully saturated rings. The van der Waals surface area contributed by atoms with Crippen molar-refractivity contribution in [2.45, 2.75) is 19.3 Å². The zero-order chi connectivity index (χ0) is 20.7. The highest BCUT2D eigenvalue weighted by Crippen LogP contribution is 2.25. The summed E-state index contributed by atoms with van der Waals surface area (Å²) in [4.78, 5) is 16.7. The second-order valence-electron chi connectivity index (χ2n) is 7.60. The van der Waals surface area contributed by atoms with Crippen molar-refractivity contribution in [3.63, 3.8) is 0 Å². The molecule has 9 heteroatoms. The molecule has 0 radical (unpaired) electrons. The van der Waals surface area contributed by atoms with Crippen LogP contribution in [-0.4, -0.2) is 57.4 Å². The van der Waals surface area contributed by atoms with Gasteiger partial charge in [-0.3, -0.25) is 9.89 Å². The number of carbonyl (C=O) groups is 1. The summed E-state index contributed by atoms with van der Waals surface area (Å²) in [5.74, 6) is -0.715. The van der Waals surface area contributed by atoms with E-state index < -0.39 is 11.6 Å². The largest absolute Gasteiger partial charge is 0.352 e. The molecule has 7 nitrogen and oxygen atoms in total. The van der Waals surface area contributed by atoms with E-state index >= 15 is 0 Å². The summed E-state index contributed by atoms with van der Waals surface area (Å²) in [5.41, 5.74) is 3.06. The van der Waals surface area contributed by atoms with Gasteiger partial charge < -0.3 is 9.80 Å². The predicted octanol–water partition coefficient (Wildman–Crippen LogP) is 2.60. The first-order valence-corrected chi connectivity index (χ1v) is 9.99. The average Bonchev–Trinajstić information content (AvgIpc) is 3.42. The number of carbonyl (C=O) groups excluding carboxylic acids is 1. The number of fused-ring (bicyclic) bond motifs is 1. The van der Waals surface area contributed by atoms with Gasteiger partial charge in [0.25, 0.3) is 5.91 Å². The number of anilines is 1. The standard InChI is InChI=1S/C21H20F2N6O/c22-14-4-5-15(16(23)11-14)18-12-19(26-25-18)21(30)29-8-6-28(7-9-29)20-10-13-2-1-3-17(13)24-27-20/h4-5,10-12H,1-3,6-9H2,(H,25,26). The summed E-state index contributed by atoms with van der Waals surface area (Å²) in [5, 5.41) is 15.4. The Kier molecular flexibility index (Phi) is 4.65. The number of nitrogens with zero attached hydrogens (tertiary/aromatic N) is 5. The second-order valence-corrected chi connectivity index (χ2v) is 7.60. The molecule has 0 spiro atoms. The number of piperazine rings is 1. The van der Waals surface area contributed by atoms with Crippen LogP contribution in [0, 0.1) is 11.6 Å². The summed E-state index contributed by atoms with van der Waals surface area (Å²) >= 11 is 0. The van der Waals surface area contributed by atoms with Crippen LogP contribution in [-0.2, 0) is 12.8 Å². The molecule has 1 N–H and O–H groups in total. The highest BCUT2D eigenvalue weighted by molar-refractivity contribution is 5.93. The van der Waals surface area contributed by atoms with Crippen LogP contribution in [0.15, 0.2) is 30.3 Å². The molecular weight excluding hydrogens is 390 g/mol. The smallest absolute Gasteiger partial charge is 0.272 e. The van der Waals surface area contributed by atoms with Crippen molar-refractivity contribution < 1.29 is 13.6 Å². The molecule has 154 valence electrons. The summed E-state index contributed by atoms with van der Waals surface area (Å²) in [6, 6.07) is 6.88. The van der Waals surface area contributed by atoms with Gasteiger partial charge >= 0.3 is 0 Å². The number of hydrogen-bond donors (Lipinski definition) is 1. The maximum Gasteiger partial charge on any atom is 0.272 e. The molecule has 0 unspecified atom stereocenters. The van der Waals surface area contributed by atoms with Crippen LogP contribution in [0.1, 0.15) is 28.2 Å². The first-order valence-electron chi connectivity index (χ1n) is 9.99. The molecule has 1 aromatic carbocycles. The lowest BCUT2D eigenvalue weighted by Crippen LogP contribution is -2.49. The monoisotopic (exact) mass is 410 g/mol. The van der Waals surface area contributed by atoms with Gasteiger partial charge in [0, 0.05) is 37.8 Å². The fourth-order valence-corrected chi connectivity index (χ4v) is 4.05. The number of H-pyrrole nitrogens is 1. The first-order chi connectivity index (χ1) is 14.6. The lowest BCUT2D eigenvalue weighted by Gasteiger charge is -2.35. The third kappa shape index (κ3) is 3.40. The third-order valence-corrected chi connectivity index (χ3v) is 5.71. The molecule has 3 aromatic rings. The number of halogens is 2. The van der Waals surface area contributed by atoms with Crippen molar-refractivity contribution in [3.8, 4) is 11.3 Å². The van der Waals surface area contributed by atoms with E-state index in [2.05, 4.69) is 31.4 Å². The summed E-state index contributed by atoms with van der Waals surface area (Å²) in [6.07, 6.45) is 3.18. The van der Waals surface area contributed by atoms with Crippen molar-refractivity contribution in [1.82, 2.24) is 25.3 Å². The molecule has 1 aliphatic heterocycles. The normalized spacial score (nSPS) is 16.1. The van der Waals surface area contributed by atoms with Crippen LogP contribution >= 0.6 is 0 Å². The topological polar surface area (TPSA) is 78.0 Å². The molecule has 5 rings (SSSR count). The van der Waals surface area contributed by atoms with Gasteiger partial charge in [0.15, 0.2) is 5.82 Å². The quantitative estimate of drug-likeness (QED) is 0.718. The Morgan fingerprint density at radius 3 is 2.63 bits per heavy atom. The molecule has 0 atom stereocenters. The Bertz CT molecular complexity index is 1110. The second kappa shape index (κ2) is 7.47. The number of rotatable bonds is 3. The van der Waals surface area contributed by atoms with Gasteiger partial charge in [0.2, 0.25) is 0 Å². The maximum atomic E-state index is 14.0. The maximum absolute atomic E-state index is 14.0. The minimum absolute atomic E-state index is 0.145. The van der Waals surface area contributed by atoms with Crippen molar-refractivity contribution in [2.75, 3.05) is 31.1 Å². The van der Waals surface area contributed by atoms with Crippen molar-refractivity contribution in [1.29, 1.82) is 0 Å². The molecule has 1 amide bonds. The molecule has 30 heavy (non-hydrogen) atoms. The Hall–Kier alpha value is -3.36. The molecular formula is C21H20F2N6O. The molecule has 1 saturated heterocycles. The number of aryl methyl sites for hydroxylation is 2. The van der Waals surface area contributed by atoms with E-state index in [-0.39, 0.29) is 22.9 Å². The molecule has 1 aliphatic carbocycles. The highest BCUT2D eigenvalue weighted by Gasteiger charge is 2.25. The number of aromatic nitrogens is 4. The lowest BCUT2D eigenvalue weighted by molar-refractivity contribution is 0.0740. The fourth-order valence-electron chi connectivity index (χ4n) is 4.05. The summed E-state index contributed by atoms with van der Waals surface area (Å²) in [7, 11) is 0. The van der Waals surface area contributed by atoms with Gasteiger partial charge in [0.1, 0.15) is 17.3 Å². The first kappa shape index (κ1) is 18.7. The minimum atomic E-state index is -0.718. The van der Waals surface area contributed by atoms with Gasteiger partial charge in [-0.1, -0.05) is 0 Å². The van der Waals surface area contributed by atoms with E-state index in [0.29, 0.717) is 26.2 Å². The van der Waals surface area contributed by atoms with Crippen molar-refractivity contribution in [2.24, 2.45) is 0 Å². The average molecular weight is 410 g/mol. The fraction of sp³-hybridized carbons (Fsp3) is 0.333. The van der Waals surface area contributed by atoms with Crippen LogP contribution in [0.4, 0.5) is 14.6 Å². The van der Waals surface area contributed by atoms with Crippen LogP contribution in [0.2, 0.25) is 0 Å². The molecule has 0 saturated carbocycles. The van der Waals surface area contributed by atoms with E-state index in [1.165, 1.54) is 17.7 Å². The van der Waals surface area contributed by atoms with Gasteiger partial charge in [0.05, 0.1) is 11.4 Å². The van der Waals surface area contributed by atoms with Crippen molar-refractivity contribution in [3.05, 3.63) is 58.9 Å². The van der Waals surface area contributed by atoms with Gasteiger partial charge in [-0.15, -0.1) is 5.10 Å². The van der Waals surface area contributed by atoms with E-state index in [1.807, 2.05) is 0 Å². The SMILES string of the molecule is O=C(c1cc(-c2ccc(F)cc2F)n[nH]1)N1CCN(c2cc3c(nn2)CCC3)CC1. The van der Waals surface area contributed by atoms with Crippen LogP contribution in [0.3, 0.4) is 0 Å². The van der Waals surface area contributed by atoms with Crippen LogP contribution < -0.4 is 4.90 Å². The lowest BCUT2D eigenvalue weighted by atomic mass is 10.1. The van der Waals surface area contributed by atoms with E-state index in [0.717, 1.165) is 42.9 Å². The number of aromatic amines is 1. The van der Waals surface area contributed by atoms with Gasteiger partial charge in [-0.2, -0.15) is 10.2 Å². The number of amides is 1. The Labute approximate surface area is 171 Å². The number of benzene rings is 1. The molecule has 3 heterocycles. The summed E-state index contributed by atoms with van der Waals surface area (Å²) in [6.45, 7) is 2.40. The van der Waals surface area contributed by atoms with E-state index in [1.54, 1.807) is 4.90 Å². The molecule has 0 bridgehead atoms. The number of hydrogen-bond acceptors (Lipinski definition) is 5. The zero-order valence-electron chi connectivity index (χ0n) is 16.2. The van der Waals surface area contributed by atoms with Crippen molar-refractivity contribution >= 4 is 11.7 Å². The Morgan fingerprint density at radius 2 is 1.83 bits per heavy atom. The van der Waals surface area contributed by atoms with E-state index in [4.69, 9.17) is 0 Å². The third-order valence-electron chi connectivity index (χ3n) is 5.71. The molecule has 2 aliphatic rings. The molecule has 2 aromatic heterocycles. The highest BCUT2D eigenvalue weighted by atomic mass is 19.1. The summed E-state index contributed by atoms with van der Waals surface area (Å²) < 4.78 is 27.1. The minimum Gasteiger partial charge on any atom is -0.352 e. The van der Waals surface area contributed by atoms with Crippen LogP contribution in [0.5, 0.6) is 0 Å². The Balaban J connectivity index is 1.25. The Morgan fingerprint density at radius 1 is 1.00 bits per heavy atom. The van der Waals surface area contributed by atoms with Crippen LogP contribution in [0.25, 0.3) is 11.3 Å². The van der Waals surface area contributed by atoms with E-state index in [9.17, 15) is 13.6 Å². The van der Waals surface area contributed by atoms with Gasteiger partial charge in [-0.05, 0) is 49.1 Å².